The van der Waals surface area contributed by atoms with Crippen LogP contribution in [0.5, 0.6) is 0 Å². The minimum Gasteiger partial charge on any atom is -0.311 e. The molecular weight excluding hydrogens is 227 g/mol. The number of amides is 1. The van der Waals surface area contributed by atoms with Gasteiger partial charge in [0, 0.05) is 0 Å². The van der Waals surface area contributed by atoms with E-state index >= 15 is 0 Å². The number of hydrogen-bond acceptors (Lipinski definition) is 4. The monoisotopic (exact) mass is 234 g/mol. The summed E-state index contributed by atoms with van der Waals surface area (Å²) in [5.41, 5.74) is 0. The molecule has 0 spiro atoms. The summed E-state index contributed by atoms with van der Waals surface area (Å²) < 4.78 is 0. The number of rotatable bonds is 3. The van der Waals surface area contributed by atoms with Gasteiger partial charge in [-0.25, -0.2) is 9.97 Å². The Balaban J connectivity index is 2.76. The molecule has 0 aliphatic rings. The Labute approximate surface area is 90.8 Å². The highest BCUT2D eigenvalue weighted by Crippen LogP contribution is 2.24. The largest absolute Gasteiger partial charge is 0.311 e. The van der Waals surface area contributed by atoms with E-state index in [1.165, 1.54) is 6.33 Å². The van der Waals surface area contributed by atoms with E-state index in [1.807, 2.05) is 0 Å². The van der Waals surface area contributed by atoms with Gasteiger partial charge in [0.25, 0.3) is 0 Å². The molecule has 14 heavy (non-hydrogen) atoms. The molecule has 1 aromatic rings. The van der Waals surface area contributed by atoms with Crippen molar-refractivity contribution in [1.29, 1.82) is 0 Å². The Hall–Kier alpha value is -0.910. The highest BCUT2D eigenvalue weighted by Gasteiger charge is 2.09. The molecule has 0 aromatic carbocycles. The average Bonchev–Trinajstić information content (AvgIpc) is 2.13. The third-order valence-corrected chi connectivity index (χ3v) is 2.08. The Morgan fingerprint density at radius 1 is 1.50 bits per heavy atom. The first kappa shape index (κ1) is 11.2. The van der Waals surface area contributed by atoms with Gasteiger partial charge in [-0.15, -0.1) is 0 Å². The zero-order valence-electron chi connectivity index (χ0n) is 7.34. The van der Waals surface area contributed by atoms with E-state index in [-0.39, 0.29) is 28.4 Å². The standard InChI is InChI=1S/C7H8Cl2N4O/c1-10-2-4(14)13-7-5(8)6(9)11-3-12-7/h3,10H,2H2,1H3,(H,11,12,13,14). The molecule has 0 radical (unpaired) electrons. The number of nitrogens with zero attached hydrogens (tertiary/aromatic N) is 2. The van der Waals surface area contributed by atoms with Crippen LogP contribution in [0.2, 0.25) is 10.2 Å². The van der Waals surface area contributed by atoms with Crippen LogP contribution in [0.3, 0.4) is 0 Å². The molecule has 0 bridgehead atoms. The van der Waals surface area contributed by atoms with E-state index in [0.717, 1.165) is 0 Å². The molecule has 0 aliphatic carbocycles. The van der Waals surface area contributed by atoms with Crippen LogP contribution in [0, 0.1) is 0 Å². The first-order chi connectivity index (χ1) is 6.65. The van der Waals surface area contributed by atoms with Gasteiger partial charge in [-0.05, 0) is 7.05 Å². The minimum absolute atomic E-state index is 0.112. The molecule has 0 aliphatic heterocycles. The van der Waals surface area contributed by atoms with Crippen molar-refractivity contribution < 1.29 is 4.79 Å². The van der Waals surface area contributed by atoms with Gasteiger partial charge in [0.05, 0.1) is 6.54 Å². The molecule has 0 fully saturated rings. The van der Waals surface area contributed by atoms with Crippen molar-refractivity contribution in [2.24, 2.45) is 0 Å². The van der Waals surface area contributed by atoms with Crippen molar-refractivity contribution in [3.63, 3.8) is 0 Å². The number of halogens is 2. The predicted octanol–water partition coefficient (Wildman–Crippen LogP) is 0.941. The lowest BCUT2D eigenvalue weighted by Crippen LogP contribution is -2.25. The lowest BCUT2D eigenvalue weighted by molar-refractivity contribution is -0.115. The molecule has 1 aromatic heterocycles. The summed E-state index contributed by atoms with van der Waals surface area (Å²) in [7, 11) is 1.66. The van der Waals surface area contributed by atoms with Crippen LogP contribution in [0.25, 0.3) is 0 Å². The minimum atomic E-state index is -0.246. The summed E-state index contributed by atoms with van der Waals surface area (Å²) in [5, 5.41) is 5.42. The SMILES string of the molecule is CNCC(=O)Nc1ncnc(Cl)c1Cl. The van der Waals surface area contributed by atoms with Crippen molar-refractivity contribution in [2.75, 3.05) is 18.9 Å². The molecule has 1 rings (SSSR count). The third-order valence-electron chi connectivity index (χ3n) is 1.34. The highest BCUT2D eigenvalue weighted by atomic mass is 35.5. The number of anilines is 1. The maximum Gasteiger partial charge on any atom is 0.239 e. The lowest BCUT2D eigenvalue weighted by atomic mass is 10.5. The predicted molar refractivity (Wildman–Crippen MR) is 54.6 cm³/mol. The molecule has 7 heteroatoms. The topological polar surface area (TPSA) is 66.9 Å². The molecule has 0 unspecified atom stereocenters. The van der Waals surface area contributed by atoms with E-state index in [1.54, 1.807) is 7.05 Å². The highest BCUT2D eigenvalue weighted by molar-refractivity contribution is 6.42. The van der Waals surface area contributed by atoms with Crippen molar-refractivity contribution >= 4 is 34.9 Å². The smallest absolute Gasteiger partial charge is 0.239 e. The van der Waals surface area contributed by atoms with Crippen molar-refractivity contribution in [3.8, 4) is 0 Å². The number of nitrogens with one attached hydrogen (secondary N) is 2. The van der Waals surface area contributed by atoms with Gasteiger partial charge in [0.15, 0.2) is 11.0 Å². The fourth-order valence-corrected chi connectivity index (χ4v) is 1.05. The van der Waals surface area contributed by atoms with Gasteiger partial charge in [0.1, 0.15) is 11.3 Å². The van der Waals surface area contributed by atoms with E-state index in [0.29, 0.717) is 0 Å². The zero-order chi connectivity index (χ0) is 10.6. The Morgan fingerprint density at radius 3 is 2.86 bits per heavy atom. The normalized spacial score (nSPS) is 9.93. The summed E-state index contributed by atoms with van der Waals surface area (Å²) in [6.07, 6.45) is 1.23. The van der Waals surface area contributed by atoms with Crippen molar-refractivity contribution in [3.05, 3.63) is 16.5 Å². The lowest BCUT2D eigenvalue weighted by Gasteiger charge is -2.05. The first-order valence-electron chi connectivity index (χ1n) is 3.75. The third kappa shape index (κ3) is 2.80. The van der Waals surface area contributed by atoms with Gasteiger partial charge in [-0.2, -0.15) is 0 Å². The van der Waals surface area contributed by atoms with E-state index in [9.17, 15) is 4.79 Å². The molecule has 0 atom stereocenters. The Kier molecular flexibility index (Phi) is 4.06. The van der Waals surface area contributed by atoms with E-state index in [2.05, 4.69) is 20.6 Å². The summed E-state index contributed by atoms with van der Waals surface area (Å²) in [6.45, 7) is 0.179. The molecule has 2 N–H and O–H groups in total. The molecule has 5 nitrogen and oxygen atoms in total. The number of likely N-dealkylation sites (N-methyl/N-ethyl adjacent to an activating group) is 1. The Morgan fingerprint density at radius 2 is 2.21 bits per heavy atom. The molecule has 0 saturated carbocycles. The maximum atomic E-state index is 11.1. The second kappa shape index (κ2) is 5.09. The first-order valence-corrected chi connectivity index (χ1v) is 4.51. The second-order valence-corrected chi connectivity index (χ2v) is 3.14. The summed E-state index contributed by atoms with van der Waals surface area (Å²) in [6, 6.07) is 0. The number of hydrogen-bond donors (Lipinski definition) is 2. The van der Waals surface area contributed by atoms with Crippen LogP contribution in [-0.4, -0.2) is 29.5 Å². The van der Waals surface area contributed by atoms with Crippen LogP contribution in [0.1, 0.15) is 0 Å². The quantitative estimate of drug-likeness (QED) is 0.765. The number of carbonyl (C=O) groups excluding carboxylic acids is 1. The maximum absolute atomic E-state index is 11.1. The molecule has 76 valence electrons. The molecule has 0 saturated heterocycles. The zero-order valence-corrected chi connectivity index (χ0v) is 8.85. The Bertz CT molecular complexity index is 344. The van der Waals surface area contributed by atoms with Crippen LogP contribution in [-0.2, 0) is 4.79 Å². The summed E-state index contributed by atoms with van der Waals surface area (Å²) in [5.74, 6) is -0.0314. The van der Waals surface area contributed by atoms with Gasteiger partial charge in [-0.3, -0.25) is 4.79 Å². The number of carbonyl (C=O) groups is 1. The van der Waals surface area contributed by atoms with Gasteiger partial charge in [0.2, 0.25) is 5.91 Å². The van der Waals surface area contributed by atoms with Crippen LogP contribution in [0.15, 0.2) is 6.33 Å². The molecule has 1 amide bonds. The van der Waals surface area contributed by atoms with E-state index in [4.69, 9.17) is 23.2 Å². The summed E-state index contributed by atoms with van der Waals surface area (Å²) >= 11 is 11.4. The van der Waals surface area contributed by atoms with Crippen molar-refractivity contribution in [2.45, 2.75) is 0 Å². The van der Waals surface area contributed by atoms with Crippen LogP contribution < -0.4 is 10.6 Å². The number of aromatic nitrogens is 2. The van der Waals surface area contributed by atoms with Gasteiger partial charge in [-0.1, -0.05) is 23.2 Å². The van der Waals surface area contributed by atoms with E-state index < -0.39 is 0 Å². The van der Waals surface area contributed by atoms with Crippen LogP contribution in [0.4, 0.5) is 5.82 Å². The fourth-order valence-electron chi connectivity index (χ4n) is 0.772. The summed E-state index contributed by atoms with van der Waals surface area (Å²) in [4.78, 5) is 18.6. The average molecular weight is 235 g/mol. The van der Waals surface area contributed by atoms with Crippen molar-refractivity contribution in [1.82, 2.24) is 15.3 Å². The molecule has 1 heterocycles. The second-order valence-electron chi connectivity index (χ2n) is 2.41. The van der Waals surface area contributed by atoms with Gasteiger partial charge < -0.3 is 10.6 Å². The molecular formula is C7H8Cl2N4O. The fraction of sp³-hybridized carbons (Fsp3) is 0.286. The van der Waals surface area contributed by atoms with Gasteiger partial charge >= 0.3 is 0 Å². The van der Waals surface area contributed by atoms with Crippen LogP contribution >= 0.6 is 23.2 Å².